The first kappa shape index (κ1) is 20.1. The Morgan fingerprint density at radius 1 is 1.00 bits per heavy atom. The molecule has 29 heavy (non-hydrogen) atoms. The van der Waals surface area contributed by atoms with Gasteiger partial charge in [0.05, 0.1) is 12.6 Å². The second-order valence-electron chi connectivity index (χ2n) is 8.27. The lowest BCUT2D eigenvalue weighted by molar-refractivity contribution is -0.135. The van der Waals surface area contributed by atoms with Crippen LogP contribution in [0.5, 0.6) is 0 Å². The maximum absolute atomic E-state index is 12.7. The molecular formula is C20H34N8O. The van der Waals surface area contributed by atoms with Crippen LogP contribution in [0.4, 0.5) is 0 Å². The summed E-state index contributed by atoms with van der Waals surface area (Å²) in [5.41, 5.74) is 0. The highest BCUT2D eigenvalue weighted by Gasteiger charge is 2.30. The molecule has 1 aromatic rings. The molecule has 1 amide bonds. The summed E-state index contributed by atoms with van der Waals surface area (Å²) < 4.78 is 2.24. The van der Waals surface area contributed by atoms with Crippen molar-refractivity contribution in [1.29, 1.82) is 0 Å². The van der Waals surface area contributed by atoms with Gasteiger partial charge in [-0.3, -0.25) is 14.7 Å². The molecule has 4 rings (SSSR count). The Labute approximate surface area is 173 Å². The lowest BCUT2D eigenvalue weighted by Gasteiger charge is -2.39. The molecule has 1 aromatic heterocycles. The first-order chi connectivity index (χ1) is 14.2. The number of carbonyl (C=O) groups excluding carboxylic acids is 1. The summed E-state index contributed by atoms with van der Waals surface area (Å²) >= 11 is 0. The van der Waals surface area contributed by atoms with Crippen LogP contribution in [0.2, 0.25) is 0 Å². The average molecular weight is 403 g/mol. The molecule has 1 atom stereocenters. The van der Waals surface area contributed by atoms with Crippen LogP contribution in [0.3, 0.4) is 0 Å². The van der Waals surface area contributed by atoms with E-state index in [0.29, 0.717) is 6.54 Å². The van der Waals surface area contributed by atoms with E-state index in [1.165, 1.54) is 12.8 Å². The number of fused-ring (bicyclic) bond motifs is 1. The summed E-state index contributed by atoms with van der Waals surface area (Å²) in [5, 5.41) is 12.2. The van der Waals surface area contributed by atoms with E-state index in [4.69, 9.17) is 0 Å². The quantitative estimate of drug-likeness (QED) is 0.577. The number of aromatic nitrogens is 3. The first-order valence-corrected chi connectivity index (χ1v) is 11.1. The number of guanidine groups is 1. The van der Waals surface area contributed by atoms with E-state index >= 15 is 0 Å². The number of aliphatic imine (C=N–C) groups is 1. The summed E-state index contributed by atoms with van der Waals surface area (Å²) in [6, 6.07) is -0.0345. The van der Waals surface area contributed by atoms with Crippen molar-refractivity contribution in [3.05, 3.63) is 11.6 Å². The minimum atomic E-state index is -0.0345. The number of amides is 1. The van der Waals surface area contributed by atoms with Crippen LogP contribution in [0.25, 0.3) is 0 Å². The highest BCUT2D eigenvalue weighted by molar-refractivity contribution is 5.82. The molecule has 0 saturated carbocycles. The van der Waals surface area contributed by atoms with Gasteiger partial charge in [-0.2, -0.15) is 0 Å². The summed E-state index contributed by atoms with van der Waals surface area (Å²) in [4.78, 5) is 23.8. The number of piperazine rings is 1. The molecule has 2 fully saturated rings. The fourth-order valence-corrected chi connectivity index (χ4v) is 4.67. The van der Waals surface area contributed by atoms with Crippen molar-refractivity contribution in [2.75, 3.05) is 46.3 Å². The average Bonchev–Trinajstić information content (AvgIpc) is 3.44. The van der Waals surface area contributed by atoms with Gasteiger partial charge in [-0.25, -0.2) is 0 Å². The maximum atomic E-state index is 12.7. The van der Waals surface area contributed by atoms with Gasteiger partial charge in [-0.1, -0.05) is 0 Å². The Balaban J connectivity index is 1.28. The number of nitrogens with one attached hydrogen (secondary N) is 1. The van der Waals surface area contributed by atoms with E-state index in [1.807, 2.05) is 11.9 Å². The molecule has 1 N–H and O–H groups in total. The van der Waals surface area contributed by atoms with E-state index in [-0.39, 0.29) is 11.9 Å². The molecule has 0 spiro atoms. The van der Waals surface area contributed by atoms with Gasteiger partial charge in [0.25, 0.3) is 0 Å². The molecule has 3 aliphatic rings. The first-order valence-electron chi connectivity index (χ1n) is 11.1. The molecule has 0 bridgehead atoms. The SMILES string of the molecule is CN=C(NCc1nnc2n1CCCC2)N1CCN(C(C)C(=O)N2CCCC2)CC1. The number of hydrogen-bond acceptors (Lipinski definition) is 5. The fourth-order valence-electron chi connectivity index (χ4n) is 4.67. The number of rotatable bonds is 4. The third-order valence-corrected chi connectivity index (χ3v) is 6.49. The molecule has 9 nitrogen and oxygen atoms in total. The second-order valence-corrected chi connectivity index (χ2v) is 8.27. The summed E-state index contributed by atoms with van der Waals surface area (Å²) in [6.45, 7) is 9.05. The monoisotopic (exact) mass is 402 g/mol. The van der Waals surface area contributed by atoms with E-state index < -0.39 is 0 Å². The maximum Gasteiger partial charge on any atom is 0.239 e. The fraction of sp³-hybridized carbons (Fsp3) is 0.800. The molecule has 3 aliphatic heterocycles. The number of hydrogen-bond donors (Lipinski definition) is 1. The van der Waals surface area contributed by atoms with Crippen molar-refractivity contribution >= 4 is 11.9 Å². The van der Waals surface area contributed by atoms with Gasteiger partial charge in [-0.15, -0.1) is 10.2 Å². The molecule has 0 radical (unpaired) electrons. The minimum absolute atomic E-state index is 0.0345. The van der Waals surface area contributed by atoms with Crippen molar-refractivity contribution in [1.82, 2.24) is 34.8 Å². The molecule has 0 aliphatic carbocycles. The van der Waals surface area contributed by atoms with Crippen molar-refractivity contribution in [3.63, 3.8) is 0 Å². The van der Waals surface area contributed by atoms with Crippen LogP contribution in [0.15, 0.2) is 4.99 Å². The minimum Gasteiger partial charge on any atom is -0.349 e. The zero-order valence-electron chi connectivity index (χ0n) is 17.8. The van der Waals surface area contributed by atoms with Gasteiger partial charge in [0.15, 0.2) is 11.8 Å². The van der Waals surface area contributed by atoms with Gasteiger partial charge >= 0.3 is 0 Å². The molecule has 0 aromatic carbocycles. The molecular weight excluding hydrogens is 368 g/mol. The zero-order chi connectivity index (χ0) is 20.2. The molecule has 160 valence electrons. The van der Waals surface area contributed by atoms with Gasteiger partial charge in [0.1, 0.15) is 5.82 Å². The van der Waals surface area contributed by atoms with Crippen LogP contribution in [0.1, 0.15) is 44.3 Å². The van der Waals surface area contributed by atoms with Gasteiger partial charge in [-0.05, 0) is 32.6 Å². The number of carbonyl (C=O) groups is 1. The number of aryl methyl sites for hydroxylation is 1. The van der Waals surface area contributed by atoms with Crippen LogP contribution in [-0.2, 0) is 24.3 Å². The van der Waals surface area contributed by atoms with E-state index in [0.717, 1.165) is 82.7 Å². The second kappa shape index (κ2) is 9.11. The molecule has 2 saturated heterocycles. The zero-order valence-corrected chi connectivity index (χ0v) is 17.8. The van der Waals surface area contributed by atoms with E-state index in [9.17, 15) is 4.79 Å². The van der Waals surface area contributed by atoms with Crippen LogP contribution >= 0.6 is 0 Å². The van der Waals surface area contributed by atoms with Crippen molar-refractivity contribution in [3.8, 4) is 0 Å². The third-order valence-electron chi connectivity index (χ3n) is 6.49. The Morgan fingerprint density at radius 3 is 2.45 bits per heavy atom. The normalized spacial score (nSPS) is 21.9. The Bertz CT molecular complexity index is 731. The van der Waals surface area contributed by atoms with Crippen molar-refractivity contribution in [2.24, 2.45) is 4.99 Å². The largest absolute Gasteiger partial charge is 0.349 e. The van der Waals surface area contributed by atoms with Gasteiger partial charge < -0.3 is 19.7 Å². The Morgan fingerprint density at radius 2 is 1.72 bits per heavy atom. The van der Waals surface area contributed by atoms with Crippen LogP contribution in [0, 0.1) is 0 Å². The summed E-state index contributed by atoms with van der Waals surface area (Å²) in [5.74, 6) is 3.28. The lowest BCUT2D eigenvalue weighted by atomic mass is 10.2. The van der Waals surface area contributed by atoms with Crippen molar-refractivity contribution in [2.45, 2.75) is 58.2 Å². The topological polar surface area (TPSA) is 81.9 Å². The third kappa shape index (κ3) is 4.39. The molecule has 4 heterocycles. The highest BCUT2D eigenvalue weighted by Crippen LogP contribution is 2.15. The smallest absolute Gasteiger partial charge is 0.239 e. The molecule has 1 unspecified atom stereocenters. The predicted octanol–water partition coefficient (Wildman–Crippen LogP) is 0.318. The molecule has 9 heteroatoms. The predicted molar refractivity (Wildman–Crippen MR) is 112 cm³/mol. The summed E-state index contributed by atoms with van der Waals surface area (Å²) in [7, 11) is 1.83. The van der Waals surface area contributed by atoms with E-state index in [2.05, 4.69) is 41.8 Å². The Kier molecular flexibility index (Phi) is 6.32. The van der Waals surface area contributed by atoms with Gasteiger partial charge in [0, 0.05) is 59.3 Å². The Hall–Kier alpha value is -2.16. The van der Waals surface area contributed by atoms with Crippen LogP contribution in [-0.4, -0.2) is 93.7 Å². The highest BCUT2D eigenvalue weighted by atomic mass is 16.2. The lowest BCUT2D eigenvalue weighted by Crippen LogP contribution is -2.57. The number of nitrogens with zero attached hydrogens (tertiary/aromatic N) is 7. The van der Waals surface area contributed by atoms with Crippen LogP contribution < -0.4 is 5.32 Å². The van der Waals surface area contributed by atoms with Gasteiger partial charge in [0.2, 0.25) is 5.91 Å². The summed E-state index contributed by atoms with van der Waals surface area (Å²) in [6.07, 6.45) is 5.71. The number of likely N-dealkylation sites (tertiary alicyclic amines) is 1. The standard InChI is InChI=1S/C20H34N8O/c1-16(19(29)26-8-5-6-9-26)25-11-13-27(14-12-25)20(21-2)22-15-18-24-23-17-7-3-4-10-28(17)18/h16H,3-15H2,1-2H3,(H,21,22). The van der Waals surface area contributed by atoms with E-state index in [1.54, 1.807) is 0 Å². The van der Waals surface area contributed by atoms with Crippen molar-refractivity contribution < 1.29 is 4.79 Å².